The van der Waals surface area contributed by atoms with Gasteiger partial charge >= 0.3 is 0 Å². The third-order valence-electron chi connectivity index (χ3n) is 11.3. The third-order valence-corrected chi connectivity index (χ3v) is 11.3. The van der Waals surface area contributed by atoms with Crippen molar-refractivity contribution in [2.45, 2.75) is 0 Å². The minimum absolute atomic E-state index is 0.275. The molecule has 0 fully saturated rings. The molecule has 64 heavy (non-hydrogen) atoms. The zero-order valence-corrected chi connectivity index (χ0v) is 34.1. The zero-order valence-electron chi connectivity index (χ0n) is 34.1. The number of fused-ring (bicyclic) bond motifs is 3. The summed E-state index contributed by atoms with van der Waals surface area (Å²) in [4.78, 5) is 19.2. The predicted octanol–water partition coefficient (Wildman–Crippen LogP) is 14.6. The number of anilines is 3. The van der Waals surface area contributed by atoms with Crippen molar-refractivity contribution >= 4 is 50.2 Å². The Morgan fingerprint density at radius 1 is 0.453 bits per heavy atom. The lowest BCUT2D eigenvalue weighted by atomic mass is 9.92. The molecule has 0 saturated heterocycles. The number of para-hydroxylation sites is 3. The standard InChI is InChI=1S/C56H32N8/c1-59-43-15-11-13-38(31-43)51-34-52(62-56(61-51)39-14-12-16-44(32-39)60-2)55-41(35-57)29-40(30-42(55)36-58)37-23-25-47(26-24-37)64-53-22-10-9-21-49(53)50-33-48(27-28-54(50)64)63(45-17-5-3-6-18-45)46-19-7-4-8-20-46/h3-34H. The molecule has 0 bridgehead atoms. The topological polar surface area (TPSA) is 90.2 Å². The Morgan fingerprint density at radius 3 is 1.67 bits per heavy atom. The van der Waals surface area contributed by atoms with Gasteiger partial charge in [-0.1, -0.05) is 103 Å². The lowest BCUT2D eigenvalue weighted by Crippen LogP contribution is -2.09. The average Bonchev–Trinajstić information content (AvgIpc) is 3.70. The SMILES string of the molecule is [C-]#[N+]c1cccc(-c2cc(-c3c(C#N)cc(-c4ccc(-n5c6ccccc6c6cc(N(c7ccccc7)c7ccccc7)ccc65)cc4)cc3C#N)nc(-c3cccc([N+]#[C-])c3)n2)c1. The summed E-state index contributed by atoms with van der Waals surface area (Å²) in [5.74, 6) is 0.324. The van der Waals surface area contributed by atoms with Gasteiger partial charge < -0.3 is 9.47 Å². The summed E-state index contributed by atoms with van der Waals surface area (Å²) >= 11 is 0. The second-order valence-corrected chi connectivity index (χ2v) is 15.1. The Morgan fingerprint density at radius 2 is 1.03 bits per heavy atom. The highest BCUT2D eigenvalue weighted by molar-refractivity contribution is 6.10. The Labute approximate surface area is 369 Å². The van der Waals surface area contributed by atoms with Crippen LogP contribution in [-0.4, -0.2) is 14.5 Å². The van der Waals surface area contributed by atoms with Crippen LogP contribution in [0.15, 0.2) is 194 Å². The summed E-state index contributed by atoms with van der Waals surface area (Å²) in [6.45, 7) is 15.1. The van der Waals surface area contributed by atoms with Crippen molar-refractivity contribution in [3.63, 3.8) is 0 Å². The number of aromatic nitrogens is 3. The molecule has 296 valence electrons. The number of rotatable bonds is 8. The van der Waals surface area contributed by atoms with Crippen molar-refractivity contribution in [2.24, 2.45) is 0 Å². The number of hydrogen-bond acceptors (Lipinski definition) is 5. The second-order valence-electron chi connectivity index (χ2n) is 15.1. The van der Waals surface area contributed by atoms with E-state index in [9.17, 15) is 10.5 Å². The fourth-order valence-electron chi connectivity index (χ4n) is 8.35. The first kappa shape index (κ1) is 38.6. The molecule has 0 atom stereocenters. The monoisotopic (exact) mass is 816 g/mol. The van der Waals surface area contributed by atoms with Crippen molar-refractivity contribution in [3.05, 3.63) is 228 Å². The molecule has 0 N–H and O–H groups in total. The third kappa shape index (κ3) is 7.02. The normalized spacial score (nSPS) is 10.8. The molecule has 10 rings (SSSR count). The maximum atomic E-state index is 10.7. The Bertz CT molecular complexity index is 3450. The lowest BCUT2D eigenvalue weighted by molar-refractivity contribution is 1.18. The summed E-state index contributed by atoms with van der Waals surface area (Å²) in [6.07, 6.45) is 0. The van der Waals surface area contributed by atoms with E-state index in [0.717, 1.165) is 50.1 Å². The van der Waals surface area contributed by atoms with E-state index in [2.05, 4.69) is 134 Å². The van der Waals surface area contributed by atoms with Gasteiger partial charge in [-0.3, -0.25) is 0 Å². The second kappa shape index (κ2) is 16.5. The highest BCUT2D eigenvalue weighted by Crippen LogP contribution is 2.41. The predicted molar refractivity (Wildman–Crippen MR) is 255 cm³/mol. The van der Waals surface area contributed by atoms with Crippen LogP contribution < -0.4 is 4.90 Å². The first-order valence-electron chi connectivity index (χ1n) is 20.4. The lowest BCUT2D eigenvalue weighted by Gasteiger charge is -2.25. The molecule has 0 aliphatic rings. The molecular weight excluding hydrogens is 785 g/mol. The van der Waals surface area contributed by atoms with Gasteiger partial charge in [0, 0.05) is 44.6 Å². The Kier molecular flexibility index (Phi) is 9.92. The van der Waals surface area contributed by atoms with E-state index in [4.69, 9.17) is 23.1 Å². The fraction of sp³-hybridized carbons (Fsp3) is 0. The summed E-state index contributed by atoms with van der Waals surface area (Å²) < 4.78 is 2.27. The quantitative estimate of drug-likeness (QED) is 0.142. The molecule has 0 aliphatic carbocycles. The van der Waals surface area contributed by atoms with Crippen LogP contribution >= 0.6 is 0 Å². The molecule has 10 aromatic rings. The molecule has 0 amide bonds. The Hall–Kier alpha value is -9.60. The van der Waals surface area contributed by atoms with Crippen molar-refractivity contribution in [2.75, 3.05) is 4.90 Å². The largest absolute Gasteiger partial charge is 0.310 e. The molecule has 0 spiro atoms. The van der Waals surface area contributed by atoms with Gasteiger partial charge in [-0.05, 0) is 108 Å². The maximum Gasteiger partial charge on any atom is 0.187 e. The van der Waals surface area contributed by atoms with Crippen LogP contribution in [0.4, 0.5) is 28.4 Å². The molecule has 0 radical (unpaired) electrons. The van der Waals surface area contributed by atoms with Crippen molar-refractivity contribution in [1.82, 2.24) is 14.5 Å². The van der Waals surface area contributed by atoms with E-state index in [-0.39, 0.29) is 11.1 Å². The number of benzene rings is 8. The first-order valence-corrected chi connectivity index (χ1v) is 20.4. The maximum absolute atomic E-state index is 10.7. The van der Waals surface area contributed by atoms with Gasteiger partial charge in [-0.15, -0.1) is 0 Å². The van der Waals surface area contributed by atoms with Crippen LogP contribution in [0.5, 0.6) is 0 Å². The minimum Gasteiger partial charge on any atom is -0.310 e. The van der Waals surface area contributed by atoms with E-state index < -0.39 is 0 Å². The van der Waals surface area contributed by atoms with E-state index in [1.54, 1.807) is 54.6 Å². The van der Waals surface area contributed by atoms with Crippen LogP contribution in [0.2, 0.25) is 0 Å². The molecule has 8 nitrogen and oxygen atoms in total. The van der Waals surface area contributed by atoms with E-state index in [1.165, 1.54) is 0 Å². The van der Waals surface area contributed by atoms with Crippen LogP contribution in [-0.2, 0) is 0 Å². The van der Waals surface area contributed by atoms with Crippen LogP contribution in [0.25, 0.3) is 82.2 Å². The van der Waals surface area contributed by atoms with Gasteiger partial charge in [0.1, 0.15) is 0 Å². The van der Waals surface area contributed by atoms with E-state index >= 15 is 0 Å². The van der Waals surface area contributed by atoms with Crippen molar-refractivity contribution < 1.29 is 0 Å². The summed E-state index contributed by atoms with van der Waals surface area (Å²) in [5, 5.41) is 23.6. The fourth-order valence-corrected chi connectivity index (χ4v) is 8.35. The van der Waals surface area contributed by atoms with Gasteiger partial charge in [0.15, 0.2) is 17.2 Å². The van der Waals surface area contributed by atoms with Crippen LogP contribution in [0, 0.1) is 35.8 Å². The molecule has 0 aliphatic heterocycles. The molecule has 0 unspecified atom stereocenters. The smallest absolute Gasteiger partial charge is 0.187 e. The molecule has 8 heteroatoms. The molecule has 0 saturated carbocycles. The molecule has 2 aromatic heterocycles. The van der Waals surface area contributed by atoms with Crippen molar-refractivity contribution in [3.8, 4) is 62.9 Å². The van der Waals surface area contributed by atoms with Gasteiger partial charge in [-0.25, -0.2) is 19.7 Å². The Balaban J connectivity index is 1.06. The molecular formula is C56H32N8. The van der Waals surface area contributed by atoms with E-state index in [0.29, 0.717) is 50.8 Å². The highest BCUT2D eigenvalue weighted by atomic mass is 15.1. The average molecular weight is 817 g/mol. The highest BCUT2D eigenvalue weighted by Gasteiger charge is 2.21. The van der Waals surface area contributed by atoms with E-state index in [1.807, 2.05) is 36.4 Å². The number of nitrogens with zero attached hydrogens (tertiary/aromatic N) is 8. The zero-order chi connectivity index (χ0) is 43.6. The minimum atomic E-state index is 0.275. The van der Waals surface area contributed by atoms with Gasteiger partial charge in [0.05, 0.1) is 58.8 Å². The van der Waals surface area contributed by atoms with Gasteiger partial charge in [0.25, 0.3) is 0 Å². The van der Waals surface area contributed by atoms with Crippen molar-refractivity contribution in [1.29, 1.82) is 10.5 Å². The number of hydrogen-bond donors (Lipinski definition) is 0. The molecule has 2 heterocycles. The summed E-state index contributed by atoms with van der Waals surface area (Å²) in [6, 6.07) is 68.1. The van der Waals surface area contributed by atoms with Gasteiger partial charge in [0.2, 0.25) is 0 Å². The van der Waals surface area contributed by atoms with Crippen LogP contribution in [0.3, 0.4) is 0 Å². The molecule has 8 aromatic carbocycles. The number of nitriles is 2. The summed E-state index contributed by atoms with van der Waals surface area (Å²) in [7, 11) is 0. The summed E-state index contributed by atoms with van der Waals surface area (Å²) in [5.41, 5.74) is 11.8. The van der Waals surface area contributed by atoms with Gasteiger partial charge in [-0.2, -0.15) is 10.5 Å². The van der Waals surface area contributed by atoms with Crippen LogP contribution in [0.1, 0.15) is 11.1 Å². The first-order chi connectivity index (χ1) is 31.5.